The number of ether oxygens (including phenoxy) is 2. The molecule has 0 saturated carbocycles. The first-order chi connectivity index (χ1) is 12.7. The largest absolute Gasteiger partial charge is 0.494 e. The molecule has 1 unspecified atom stereocenters. The van der Waals surface area contributed by atoms with Crippen molar-refractivity contribution in [3.63, 3.8) is 0 Å². The van der Waals surface area contributed by atoms with E-state index in [1.807, 2.05) is 55.5 Å². The zero-order chi connectivity index (χ0) is 18.4. The molecule has 0 radical (unpaired) electrons. The van der Waals surface area contributed by atoms with Crippen LogP contribution in [0.25, 0.3) is 0 Å². The van der Waals surface area contributed by atoms with E-state index in [-0.39, 0.29) is 17.5 Å². The Balaban J connectivity index is 1.87. The molecule has 0 saturated heterocycles. The standard InChI is InChI=1S/C23H23FO2/c1-3-21(17-10-13-19(14-11-17)25-4-2)18-12-15-22(24)23(16-18)26-20-8-6-5-7-9-20/h5-16,21H,3-4H2,1-2H3. The number of rotatable bonds is 7. The lowest BCUT2D eigenvalue weighted by Gasteiger charge is -2.18. The SMILES string of the molecule is CCOc1ccc(C(CC)c2ccc(F)c(Oc3ccccc3)c2)cc1. The second-order valence-electron chi connectivity index (χ2n) is 6.07. The molecule has 3 rings (SSSR count). The van der Waals surface area contributed by atoms with Gasteiger partial charge in [0.05, 0.1) is 6.61 Å². The predicted octanol–water partition coefficient (Wildman–Crippen LogP) is 6.56. The summed E-state index contributed by atoms with van der Waals surface area (Å²) in [6, 6.07) is 22.5. The smallest absolute Gasteiger partial charge is 0.165 e. The molecule has 0 N–H and O–H groups in total. The minimum absolute atomic E-state index is 0.171. The van der Waals surface area contributed by atoms with Crippen LogP contribution in [0, 0.1) is 5.82 Å². The van der Waals surface area contributed by atoms with Gasteiger partial charge in [0, 0.05) is 5.92 Å². The van der Waals surface area contributed by atoms with Crippen LogP contribution in [0.15, 0.2) is 72.8 Å². The first-order valence-corrected chi connectivity index (χ1v) is 8.96. The third-order valence-corrected chi connectivity index (χ3v) is 4.33. The fraction of sp³-hybridized carbons (Fsp3) is 0.217. The highest BCUT2D eigenvalue weighted by Crippen LogP contribution is 2.33. The number of hydrogen-bond donors (Lipinski definition) is 0. The van der Waals surface area contributed by atoms with Gasteiger partial charge in [-0.3, -0.25) is 0 Å². The van der Waals surface area contributed by atoms with E-state index >= 15 is 0 Å². The molecule has 134 valence electrons. The van der Waals surface area contributed by atoms with E-state index in [1.54, 1.807) is 6.07 Å². The molecular formula is C23H23FO2. The van der Waals surface area contributed by atoms with Crippen LogP contribution < -0.4 is 9.47 Å². The van der Waals surface area contributed by atoms with E-state index in [0.29, 0.717) is 12.4 Å². The van der Waals surface area contributed by atoms with Crippen molar-refractivity contribution in [3.05, 3.63) is 89.7 Å². The van der Waals surface area contributed by atoms with Gasteiger partial charge in [0.1, 0.15) is 11.5 Å². The maximum absolute atomic E-state index is 14.2. The zero-order valence-electron chi connectivity index (χ0n) is 15.1. The van der Waals surface area contributed by atoms with Gasteiger partial charge in [-0.05, 0) is 60.9 Å². The Labute approximate surface area is 154 Å². The monoisotopic (exact) mass is 350 g/mol. The summed E-state index contributed by atoms with van der Waals surface area (Å²) < 4.78 is 25.5. The maximum atomic E-state index is 14.2. The Morgan fingerprint density at radius 2 is 1.50 bits per heavy atom. The van der Waals surface area contributed by atoms with Crippen LogP contribution in [0.4, 0.5) is 4.39 Å². The van der Waals surface area contributed by atoms with E-state index in [9.17, 15) is 4.39 Å². The van der Waals surface area contributed by atoms with Crippen molar-refractivity contribution in [2.24, 2.45) is 0 Å². The van der Waals surface area contributed by atoms with Crippen molar-refractivity contribution in [2.75, 3.05) is 6.61 Å². The second-order valence-corrected chi connectivity index (χ2v) is 6.07. The third-order valence-electron chi connectivity index (χ3n) is 4.33. The molecule has 0 aromatic heterocycles. The summed E-state index contributed by atoms with van der Waals surface area (Å²) in [5, 5.41) is 0. The molecule has 0 aliphatic rings. The first-order valence-electron chi connectivity index (χ1n) is 8.96. The van der Waals surface area contributed by atoms with E-state index in [2.05, 4.69) is 19.1 Å². The van der Waals surface area contributed by atoms with Crippen LogP contribution in [0.5, 0.6) is 17.2 Å². The van der Waals surface area contributed by atoms with Gasteiger partial charge in [0.15, 0.2) is 11.6 Å². The summed E-state index contributed by atoms with van der Waals surface area (Å²) in [5.41, 5.74) is 2.21. The van der Waals surface area contributed by atoms with Crippen molar-refractivity contribution in [1.82, 2.24) is 0 Å². The van der Waals surface area contributed by atoms with Crippen molar-refractivity contribution in [1.29, 1.82) is 0 Å². The minimum atomic E-state index is -0.362. The van der Waals surface area contributed by atoms with Gasteiger partial charge in [-0.2, -0.15) is 0 Å². The van der Waals surface area contributed by atoms with Crippen LogP contribution in [0.2, 0.25) is 0 Å². The van der Waals surface area contributed by atoms with Crippen LogP contribution >= 0.6 is 0 Å². The minimum Gasteiger partial charge on any atom is -0.494 e. The fourth-order valence-electron chi connectivity index (χ4n) is 3.06. The summed E-state index contributed by atoms with van der Waals surface area (Å²) in [6.07, 6.45) is 0.907. The number of benzene rings is 3. The highest BCUT2D eigenvalue weighted by Gasteiger charge is 2.15. The lowest BCUT2D eigenvalue weighted by Crippen LogP contribution is -2.01. The fourth-order valence-corrected chi connectivity index (χ4v) is 3.06. The van der Waals surface area contributed by atoms with E-state index in [0.717, 1.165) is 17.7 Å². The van der Waals surface area contributed by atoms with Gasteiger partial charge < -0.3 is 9.47 Å². The molecule has 0 amide bonds. The average molecular weight is 350 g/mol. The Morgan fingerprint density at radius 3 is 2.15 bits per heavy atom. The van der Waals surface area contributed by atoms with Crippen molar-refractivity contribution < 1.29 is 13.9 Å². The van der Waals surface area contributed by atoms with E-state index in [1.165, 1.54) is 11.6 Å². The Bertz CT molecular complexity index is 829. The van der Waals surface area contributed by atoms with Gasteiger partial charge >= 0.3 is 0 Å². The normalized spacial score (nSPS) is 11.8. The topological polar surface area (TPSA) is 18.5 Å². The molecule has 1 atom stereocenters. The molecule has 0 bridgehead atoms. The summed E-state index contributed by atoms with van der Waals surface area (Å²) >= 11 is 0. The zero-order valence-corrected chi connectivity index (χ0v) is 15.1. The molecule has 3 heteroatoms. The molecule has 0 fully saturated rings. The summed E-state index contributed by atoms with van der Waals surface area (Å²) in [4.78, 5) is 0. The predicted molar refractivity (Wildman–Crippen MR) is 103 cm³/mol. The summed E-state index contributed by atoms with van der Waals surface area (Å²) in [7, 11) is 0. The van der Waals surface area contributed by atoms with Crippen LogP contribution in [-0.4, -0.2) is 6.61 Å². The summed E-state index contributed by atoms with van der Waals surface area (Å²) in [6.45, 7) is 4.74. The quantitative estimate of drug-likeness (QED) is 0.480. The lowest BCUT2D eigenvalue weighted by molar-refractivity contribution is 0.340. The Morgan fingerprint density at radius 1 is 0.808 bits per heavy atom. The molecule has 0 aliphatic heterocycles. The van der Waals surface area contributed by atoms with E-state index < -0.39 is 0 Å². The molecule has 0 aliphatic carbocycles. The van der Waals surface area contributed by atoms with Crippen LogP contribution in [0.1, 0.15) is 37.3 Å². The summed E-state index contributed by atoms with van der Waals surface area (Å²) in [5.74, 6) is 1.54. The van der Waals surface area contributed by atoms with Gasteiger partial charge in [-0.1, -0.05) is 43.3 Å². The highest BCUT2D eigenvalue weighted by atomic mass is 19.1. The Kier molecular flexibility index (Phi) is 5.90. The van der Waals surface area contributed by atoms with E-state index in [4.69, 9.17) is 9.47 Å². The number of para-hydroxylation sites is 1. The molecule has 0 heterocycles. The van der Waals surface area contributed by atoms with Gasteiger partial charge in [0.2, 0.25) is 0 Å². The first kappa shape index (κ1) is 18.0. The van der Waals surface area contributed by atoms with Gasteiger partial charge in [-0.25, -0.2) is 4.39 Å². The molecule has 26 heavy (non-hydrogen) atoms. The van der Waals surface area contributed by atoms with Crippen molar-refractivity contribution in [2.45, 2.75) is 26.2 Å². The van der Waals surface area contributed by atoms with Crippen LogP contribution in [-0.2, 0) is 0 Å². The molecule has 2 nitrogen and oxygen atoms in total. The Hall–Kier alpha value is -2.81. The van der Waals surface area contributed by atoms with Gasteiger partial charge in [0.25, 0.3) is 0 Å². The lowest BCUT2D eigenvalue weighted by atomic mass is 9.89. The molecular weight excluding hydrogens is 327 g/mol. The van der Waals surface area contributed by atoms with Crippen molar-refractivity contribution in [3.8, 4) is 17.2 Å². The highest BCUT2D eigenvalue weighted by molar-refractivity contribution is 5.41. The molecule has 3 aromatic rings. The maximum Gasteiger partial charge on any atom is 0.165 e. The number of hydrogen-bond acceptors (Lipinski definition) is 2. The average Bonchev–Trinajstić information content (AvgIpc) is 2.67. The second kappa shape index (κ2) is 8.52. The molecule has 3 aromatic carbocycles. The van der Waals surface area contributed by atoms with Crippen molar-refractivity contribution >= 4 is 0 Å². The third kappa shape index (κ3) is 4.23. The van der Waals surface area contributed by atoms with Crippen LogP contribution in [0.3, 0.4) is 0 Å². The molecule has 0 spiro atoms. The van der Waals surface area contributed by atoms with Gasteiger partial charge in [-0.15, -0.1) is 0 Å². The number of halogens is 1.